The van der Waals surface area contributed by atoms with Crippen molar-refractivity contribution in [2.75, 3.05) is 25.9 Å². The molecular formula is C14H24N4O3S. The zero-order chi connectivity index (χ0) is 16.0. The monoisotopic (exact) mass is 328 g/mol. The van der Waals surface area contributed by atoms with Crippen molar-refractivity contribution < 1.29 is 13.2 Å². The van der Waals surface area contributed by atoms with Crippen LogP contribution in [0.3, 0.4) is 0 Å². The molecular weight excluding hydrogens is 304 g/mol. The van der Waals surface area contributed by atoms with Crippen LogP contribution in [0.1, 0.15) is 25.7 Å². The highest BCUT2D eigenvalue weighted by Gasteiger charge is 2.22. The molecule has 2 heterocycles. The van der Waals surface area contributed by atoms with Gasteiger partial charge in [0, 0.05) is 45.0 Å². The number of aryl methyl sites for hydroxylation is 1. The van der Waals surface area contributed by atoms with Crippen LogP contribution in [-0.2, 0) is 21.4 Å². The zero-order valence-corrected chi connectivity index (χ0v) is 13.8. The van der Waals surface area contributed by atoms with Crippen LogP contribution in [0.15, 0.2) is 18.5 Å². The van der Waals surface area contributed by atoms with Gasteiger partial charge in [0.25, 0.3) is 0 Å². The van der Waals surface area contributed by atoms with E-state index in [0.29, 0.717) is 5.92 Å². The van der Waals surface area contributed by atoms with E-state index < -0.39 is 10.0 Å². The van der Waals surface area contributed by atoms with Gasteiger partial charge in [-0.05, 0) is 31.2 Å². The van der Waals surface area contributed by atoms with Crippen molar-refractivity contribution in [3.05, 3.63) is 18.5 Å². The third-order valence-electron chi connectivity index (χ3n) is 4.00. The molecule has 0 unspecified atom stereocenters. The van der Waals surface area contributed by atoms with Crippen molar-refractivity contribution >= 4 is 15.9 Å². The lowest BCUT2D eigenvalue weighted by molar-refractivity contribution is -0.132. The number of hydrogen-bond donors (Lipinski definition) is 1. The van der Waals surface area contributed by atoms with Crippen molar-refractivity contribution in [1.82, 2.24) is 19.4 Å². The largest absolute Gasteiger partial charge is 0.343 e. The molecule has 0 aliphatic carbocycles. The first kappa shape index (κ1) is 17.0. The molecule has 124 valence electrons. The van der Waals surface area contributed by atoms with Crippen molar-refractivity contribution in [3.63, 3.8) is 0 Å². The van der Waals surface area contributed by atoms with Crippen LogP contribution in [0.2, 0.25) is 0 Å². The van der Waals surface area contributed by atoms with Gasteiger partial charge in [-0.25, -0.2) is 13.1 Å². The first-order chi connectivity index (χ1) is 10.4. The number of sulfonamides is 1. The smallest absolute Gasteiger partial charge is 0.223 e. The first-order valence-corrected chi connectivity index (χ1v) is 9.53. The highest BCUT2D eigenvalue weighted by molar-refractivity contribution is 7.88. The molecule has 1 aromatic rings. The number of nitrogens with one attached hydrogen (secondary N) is 1. The van der Waals surface area contributed by atoms with E-state index in [9.17, 15) is 13.2 Å². The summed E-state index contributed by atoms with van der Waals surface area (Å²) in [5, 5.41) is 4.19. The van der Waals surface area contributed by atoms with Crippen LogP contribution in [0.4, 0.5) is 0 Å². The minimum absolute atomic E-state index is 0.0293. The van der Waals surface area contributed by atoms with Crippen LogP contribution < -0.4 is 4.72 Å². The van der Waals surface area contributed by atoms with Crippen LogP contribution in [0.25, 0.3) is 0 Å². The summed E-state index contributed by atoms with van der Waals surface area (Å²) in [4.78, 5) is 13.9. The third-order valence-corrected chi connectivity index (χ3v) is 4.72. The van der Waals surface area contributed by atoms with Crippen molar-refractivity contribution in [2.24, 2.45) is 5.92 Å². The third kappa shape index (κ3) is 5.76. The molecule has 7 nitrogen and oxygen atoms in total. The summed E-state index contributed by atoms with van der Waals surface area (Å²) in [7, 11) is -3.22. The predicted octanol–water partition coefficient (Wildman–Crippen LogP) is 0.451. The van der Waals surface area contributed by atoms with Crippen LogP contribution in [0, 0.1) is 5.92 Å². The number of amides is 1. The van der Waals surface area contributed by atoms with Gasteiger partial charge in [0.15, 0.2) is 0 Å². The number of piperidine rings is 1. The Hall–Kier alpha value is -1.41. The Balaban J connectivity index is 1.64. The Morgan fingerprint density at radius 3 is 2.68 bits per heavy atom. The maximum absolute atomic E-state index is 12.0. The molecule has 0 spiro atoms. The van der Waals surface area contributed by atoms with Gasteiger partial charge in [0.1, 0.15) is 0 Å². The lowest BCUT2D eigenvalue weighted by atomic mass is 9.93. The summed E-state index contributed by atoms with van der Waals surface area (Å²) in [6.45, 7) is 2.63. The van der Waals surface area contributed by atoms with Gasteiger partial charge in [-0.2, -0.15) is 5.10 Å². The number of rotatable bonds is 7. The molecule has 0 bridgehead atoms. The molecule has 1 aromatic heterocycles. The second-order valence-corrected chi connectivity index (χ2v) is 7.63. The average molecular weight is 328 g/mol. The van der Waals surface area contributed by atoms with Gasteiger partial charge < -0.3 is 4.90 Å². The molecule has 0 saturated carbocycles. The number of carbonyl (C=O) groups is 1. The number of likely N-dealkylation sites (tertiary alicyclic amines) is 1. The Morgan fingerprint density at radius 2 is 2.09 bits per heavy atom. The van der Waals surface area contributed by atoms with Crippen LogP contribution in [0.5, 0.6) is 0 Å². The quantitative estimate of drug-likeness (QED) is 0.788. The molecule has 0 radical (unpaired) electrons. The summed E-state index contributed by atoms with van der Waals surface area (Å²) in [6.07, 6.45) is 8.17. The molecule has 8 heteroatoms. The van der Waals surface area contributed by atoms with E-state index in [-0.39, 0.29) is 18.9 Å². The molecule has 22 heavy (non-hydrogen) atoms. The van der Waals surface area contributed by atoms with Crippen LogP contribution >= 0.6 is 0 Å². The van der Waals surface area contributed by atoms with Gasteiger partial charge in [0.05, 0.1) is 6.26 Å². The molecule has 1 saturated heterocycles. The highest BCUT2D eigenvalue weighted by atomic mass is 32.2. The fraction of sp³-hybridized carbons (Fsp3) is 0.714. The van der Waals surface area contributed by atoms with E-state index in [2.05, 4.69) is 9.82 Å². The fourth-order valence-corrected chi connectivity index (χ4v) is 3.19. The van der Waals surface area contributed by atoms with E-state index in [0.717, 1.165) is 45.2 Å². The lowest BCUT2D eigenvalue weighted by Gasteiger charge is -2.32. The molecule has 1 fully saturated rings. The van der Waals surface area contributed by atoms with E-state index in [1.165, 1.54) is 0 Å². The Kier molecular flexibility index (Phi) is 5.96. The number of hydrogen-bond acceptors (Lipinski definition) is 4. The molecule has 1 amide bonds. The average Bonchev–Trinajstić information content (AvgIpc) is 2.97. The van der Waals surface area contributed by atoms with Crippen molar-refractivity contribution in [1.29, 1.82) is 0 Å². The van der Waals surface area contributed by atoms with Gasteiger partial charge in [-0.1, -0.05) is 0 Å². The Bertz CT molecular complexity index is 563. The molecule has 1 aliphatic rings. The maximum Gasteiger partial charge on any atom is 0.223 e. The molecule has 1 N–H and O–H groups in total. The SMILES string of the molecule is CS(=O)(=O)NCCC(=O)N1CCC(CCn2cccn2)CC1. The number of carbonyl (C=O) groups excluding carboxylic acids is 1. The second-order valence-electron chi connectivity index (χ2n) is 5.80. The van der Waals surface area contributed by atoms with E-state index in [4.69, 9.17) is 0 Å². The summed E-state index contributed by atoms with van der Waals surface area (Å²) in [5.41, 5.74) is 0. The minimum Gasteiger partial charge on any atom is -0.343 e. The van der Waals surface area contributed by atoms with Gasteiger partial charge in [0.2, 0.25) is 15.9 Å². The van der Waals surface area contributed by atoms with Gasteiger partial charge in [-0.3, -0.25) is 9.48 Å². The molecule has 0 aromatic carbocycles. The second kappa shape index (κ2) is 7.73. The van der Waals surface area contributed by atoms with Gasteiger partial charge in [-0.15, -0.1) is 0 Å². The van der Waals surface area contributed by atoms with E-state index in [1.54, 1.807) is 6.20 Å². The van der Waals surface area contributed by atoms with E-state index in [1.807, 2.05) is 21.8 Å². The maximum atomic E-state index is 12.0. The minimum atomic E-state index is -3.22. The number of aromatic nitrogens is 2. The topological polar surface area (TPSA) is 84.3 Å². The summed E-state index contributed by atoms with van der Waals surface area (Å²) >= 11 is 0. The Morgan fingerprint density at radius 1 is 1.36 bits per heavy atom. The zero-order valence-electron chi connectivity index (χ0n) is 12.9. The lowest BCUT2D eigenvalue weighted by Crippen LogP contribution is -2.40. The fourth-order valence-electron chi connectivity index (χ4n) is 2.72. The van der Waals surface area contributed by atoms with Crippen molar-refractivity contribution in [3.8, 4) is 0 Å². The van der Waals surface area contributed by atoms with E-state index >= 15 is 0 Å². The Labute approximate surface area is 131 Å². The molecule has 1 aliphatic heterocycles. The predicted molar refractivity (Wildman–Crippen MR) is 83.6 cm³/mol. The summed E-state index contributed by atoms with van der Waals surface area (Å²) in [5.74, 6) is 0.657. The molecule has 0 atom stereocenters. The summed E-state index contributed by atoms with van der Waals surface area (Å²) in [6, 6.07) is 1.92. The van der Waals surface area contributed by atoms with Crippen LogP contribution in [-0.4, -0.2) is 54.9 Å². The molecule has 2 rings (SSSR count). The summed E-state index contributed by atoms with van der Waals surface area (Å²) < 4.78 is 26.2. The van der Waals surface area contributed by atoms with Crippen molar-refractivity contribution in [2.45, 2.75) is 32.2 Å². The standard InChI is InChI=1S/C14H24N4O3S/c1-22(20,21)16-8-3-14(19)17-10-4-13(5-11-17)6-12-18-9-2-7-15-18/h2,7,9,13,16H,3-6,8,10-12H2,1H3. The van der Waals surface area contributed by atoms with Gasteiger partial charge >= 0.3 is 0 Å². The highest BCUT2D eigenvalue weighted by Crippen LogP contribution is 2.21. The number of nitrogens with zero attached hydrogens (tertiary/aromatic N) is 3. The normalized spacial score (nSPS) is 16.9. The first-order valence-electron chi connectivity index (χ1n) is 7.64.